The van der Waals surface area contributed by atoms with Crippen molar-refractivity contribution >= 4 is 17.5 Å². The molecule has 0 aliphatic carbocycles. The fourth-order valence-corrected chi connectivity index (χ4v) is 3.60. The molecule has 0 atom stereocenters. The van der Waals surface area contributed by atoms with E-state index < -0.39 is 23.3 Å². The van der Waals surface area contributed by atoms with Crippen molar-refractivity contribution < 1.29 is 32.1 Å². The van der Waals surface area contributed by atoms with E-state index >= 15 is 0 Å². The van der Waals surface area contributed by atoms with Crippen LogP contribution in [0.5, 0.6) is 0 Å². The number of non-ortho nitro benzene ring substituents is 1. The average Bonchev–Trinajstić information content (AvgIpc) is 3.15. The second-order valence-corrected chi connectivity index (χ2v) is 9.20. The number of amides is 2. The SMILES string of the molecule is CC(C)N1C(=O)CCC1=O.CC(C)c1ccc([N+](=O)[O-])cc1.Cc1c(F)c(F)c(F)c(F)c1C(C)C. The quantitative estimate of drug-likeness (QED) is 0.111. The molecule has 0 bridgehead atoms. The molecule has 6 nitrogen and oxygen atoms in total. The van der Waals surface area contributed by atoms with E-state index in [4.69, 9.17) is 0 Å². The van der Waals surface area contributed by atoms with Crippen LogP contribution in [0.2, 0.25) is 0 Å². The van der Waals surface area contributed by atoms with Gasteiger partial charge in [-0.2, -0.15) is 0 Å². The first kappa shape index (κ1) is 30.7. The van der Waals surface area contributed by atoms with Crippen molar-refractivity contribution in [1.29, 1.82) is 0 Å². The summed E-state index contributed by atoms with van der Waals surface area (Å²) in [4.78, 5) is 33.1. The van der Waals surface area contributed by atoms with Gasteiger partial charge in [-0.05, 0) is 49.3 Å². The molecule has 10 heteroatoms. The number of nitro groups is 1. The van der Waals surface area contributed by atoms with E-state index in [2.05, 4.69) is 13.8 Å². The number of hydrogen-bond donors (Lipinski definition) is 0. The number of halogens is 4. The Hall–Kier alpha value is -3.30. The monoisotopic (exact) mass is 512 g/mol. The molecule has 0 N–H and O–H groups in total. The summed E-state index contributed by atoms with van der Waals surface area (Å²) in [5.74, 6) is -6.12. The molecule has 0 aromatic heterocycles. The minimum Gasteiger partial charge on any atom is -0.280 e. The van der Waals surface area contributed by atoms with E-state index in [1.807, 2.05) is 13.8 Å². The van der Waals surface area contributed by atoms with Crippen LogP contribution in [0.4, 0.5) is 23.2 Å². The number of nitrogens with zero attached hydrogens (tertiary/aromatic N) is 2. The highest BCUT2D eigenvalue weighted by atomic mass is 19.2. The van der Waals surface area contributed by atoms with Gasteiger partial charge in [-0.1, -0.05) is 39.8 Å². The number of benzene rings is 2. The van der Waals surface area contributed by atoms with Crippen molar-refractivity contribution in [2.45, 2.75) is 79.2 Å². The second-order valence-electron chi connectivity index (χ2n) is 9.20. The molecule has 2 aromatic rings. The van der Waals surface area contributed by atoms with Crippen molar-refractivity contribution in [3.63, 3.8) is 0 Å². The number of rotatable bonds is 4. The fraction of sp³-hybridized carbons (Fsp3) is 0.462. The number of imide groups is 1. The number of hydrogen-bond acceptors (Lipinski definition) is 4. The largest absolute Gasteiger partial charge is 0.280 e. The Kier molecular flexibility index (Phi) is 11.2. The molecule has 2 aromatic carbocycles. The molecule has 0 radical (unpaired) electrons. The molecule has 1 aliphatic heterocycles. The van der Waals surface area contributed by atoms with Crippen LogP contribution in [-0.4, -0.2) is 27.7 Å². The van der Waals surface area contributed by atoms with Gasteiger partial charge < -0.3 is 0 Å². The summed E-state index contributed by atoms with van der Waals surface area (Å²) in [7, 11) is 0. The molecule has 1 aliphatic rings. The van der Waals surface area contributed by atoms with Crippen molar-refractivity contribution in [2.24, 2.45) is 0 Å². The van der Waals surface area contributed by atoms with Crippen LogP contribution in [0, 0.1) is 40.3 Å². The van der Waals surface area contributed by atoms with Gasteiger partial charge in [-0.25, -0.2) is 17.6 Å². The number of carbonyl (C=O) groups excluding carboxylic acids is 2. The molecule has 3 rings (SSSR count). The lowest BCUT2D eigenvalue weighted by atomic mass is 9.96. The number of likely N-dealkylation sites (tertiary alicyclic amines) is 1. The van der Waals surface area contributed by atoms with Crippen molar-refractivity contribution in [2.75, 3.05) is 0 Å². The Balaban J connectivity index is 0.000000274. The molecular formula is C26H32F4N2O4. The molecule has 0 unspecified atom stereocenters. The van der Waals surface area contributed by atoms with E-state index in [9.17, 15) is 37.3 Å². The lowest BCUT2D eigenvalue weighted by Crippen LogP contribution is -2.35. The van der Waals surface area contributed by atoms with E-state index in [1.165, 1.54) is 24.0 Å². The molecule has 1 saturated heterocycles. The third-order valence-corrected chi connectivity index (χ3v) is 5.50. The standard InChI is InChI=1S/C10H10F4.C9H11NO2.C7H11NO2/c1-4(2)6-5(3)7(11)9(13)10(14)8(6)12;1-7(2)8-3-5-9(6-4-8)10(11)12;1-5(2)8-6(9)3-4-7(8)10/h4H,1-3H3;3-7H,1-2H3;5H,3-4H2,1-2H3. The van der Waals surface area contributed by atoms with Crippen LogP contribution in [-0.2, 0) is 9.59 Å². The van der Waals surface area contributed by atoms with Crippen LogP contribution >= 0.6 is 0 Å². The van der Waals surface area contributed by atoms with Gasteiger partial charge in [0.1, 0.15) is 0 Å². The molecule has 36 heavy (non-hydrogen) atoms. The Labute approximate surface area is 208 Å². The third kappa shape index (κ3) is 7.60. The third-order valence-electron chi connectivity index (χ3n) is 5.50. The predicted octanol–water partition coefficient (Wildman–Crippen LogP) is 6.94. The van der Waals surface area contributed by atoms with Gasteiger partial charge in [0.15, 0.2) is 23.3 Å². The summed E-state index contributed by atoms with van der Waals surface area (Å²) in [6, 6.07) is 6.69. The van der Waals surface area contributed by atoms with E-state index in [0.717, 1.165) is 5.56 Å². The summed E-state index contributed by atoms with van der Waals surface area (Å²) < 4.78 is 51.7. The predicted molar refractivity (Wildman–Crippen MR) is 129 cm³/mol. The highest BCUT2D eigenvalue weighted by molar-refractivity contribution is 6.02. The lowest BCUT2D eigenvalue weighted by Gasteiger charge is -2.17. The summed E-state index contributed by atoms with van der Waals surface area (Å²) >= 11 is 0. The van der Waals surface area contributed by atoms with Gasteiger partial charge in [-0.15, -0.1) is 0 Å². The first-order valence-corrected chi connectivity index (χ1v) is 11.5. The minimum atomic E-state index is -1.75. The maximum atomic E-state index is 13.2. The van der Waals surface area contributed by atoms with Gasteiger partial charge in [0.05, 0.1) is 4.92 Å². The molecule has 1 fully saturated rings. The van der Waals surface area contributed by atoms with Crippen molar-refractivity contribution in [3.8, 4) is 0 Å². The van der Waals surface area contributed by atoms with Gasteiger partial charge in [-0.3, -0.25) is 24.6 Å². The first-order valence-electron chi connectivity index (χ1n) is 11.5. The van der Waals surface area contributed by atoms with Gasteiger partial charge in [0, 0.05) is 31.0 Å². The zero-order chi connectivity index (χ0) is 27.9. The van der Waals surface area contributed by atoms with Crippen molar-refractivity contribution in [3.05, 3.63) is 74.3 Å². The summed E-state index contributed by atoms with van der Waals surface area (Å²) in [5, 5.41) is 10.3. The second kappa shape index (κ2) is 13.1. The topological polar surface area (TPSA) is 80.5 Å². The normalized spacial score (nSPS) is 13.1. The zero-order valence-electron chi connectivity index (χ0n) is 21.5. The number of nitro benzene ring substituents is 1. The summed E-state index contributed by atoms with van der Waals surface area (Å²) in [6.45, 7) is 12.2. The molecule has 1 heterocycles. The van der Waals surface area contributed by atoms with E-state index in [1.54, 1.807) is 26.0 Å². The van der Waals surface area contributed by atoms with Gasteiger partial charge in [0.25, 0.3) is 5.69 Å². The molecule has 0 saturated carbocycles. The Morgan fingerprint density at radius 3 is 1.56 bits per heavy atom. The Bertz CT molecular complexity index is 1060. The van der Waals surface area contributed by atoms with E-state index in [-0.39, 0.29) is 45.5 Å². The number of carbonyl (C=O) groups is 2. The van der Waals surface area contributed by atoms with Crippen LogP contribution in [0.15, 0.2) is 24.3 Å². The maximum Gasteiger partial charge on any atom is 0.269 e. The Morgan fingerprint density at radius 1 is 0.778 bits per heavy atom. The molecule has 2 amide bonds. The average molecular weight is 513 g/mol. The van der Waals surface area contributed by atoms with E-state index in [0.29, 0.717) is 18.8 Å². The highest BCUT2D eigenvalue weighted by Gasteiger charge is 2.30. The van der Waals surface area contributed by atoms with Crippen LogP contribution in [0.3, 0.4) is 0 Å². The molecular weight excluding hydrogens is 480 g/mol. The van der Waals surface area contributed by atoms with Crippen molar-refractivity contribution in [1.82, 2.24) is 4.90 Å². The van der Waals surface area contributed by atoms with Crippen LogP contribution in [0.25, 0.3) is 0 Å². The smallest absolute Gasteiger partial charge is 0.269 e. The first-order chi connectivity index (χ1) is 16.6. The Morgan fingerprint density at radius 2 is 1.22 bits per heavy atom. The molecule has 198 valence electrons. The van der Waals surface area contributed by atoms with Crippen LogP contribution < -0.4 is 0 Å². The maximum absolute atomic E-state index is 13.2. The van der Waals surface area contributed by atoms with Gasteiger partial charge in [0.2, 0.25) is 11.8 Å². The zero-order valence-corrected chi connectivity index (χ0v) is 21.5. The minimum absolute atomic E-state index is 0.0278. The van der Waals surface area contributed by atoms with Crippen LogP contribution in [0.1, 0.15) is 82.9 Å². The summed E-state index contributed by atoms with van der Waals surface area (Å²) in [5.41, 5.74) is 0.998. The molecule has 0 spiro atoms. The van der Waals surface area contributed by atoms with Gasteiger partial charge >= 0.3 is 0 Å². The lowest BCUT2D eigenvalue weighted by molar-refractivity contribution is -0.384. The highest BCUT2D eigenvalue weighted by Crippen LogP contribution is 2.28. The summed E-state index contributed by atoms with van der Waals surface area (Å²) in [6.07, 6.45) is 0.800. The fourth-order valence-electron chi connectivity index (χ4n) is 3.60.